The number of benzene rings is 1. The summed E-state index contributed by atoms with van der Waals surface area (Å²) < 4.78 is 22.2. The van der Waals surface area contributed by atoms with Crippen molar-refractivity contribution < 1.29 is 23.6 Å². The van der Waals surface area contributed by atoms with E-state index < -0.39 is 13.4 Å². The summed E-state index contributed by atoms with van der Waals surface area (Å²) >= 11 is 0. The minimum Gasteiger partial charge on any atom is -0.508 e. The molecule has 2 N–H and O–H groups in total. The van der Waals surface area contributed by atoms with Crippen LogP contribution in [0.3, 0.4) is 0 Å². The quantitative estimate of drug-likeness (QED) is 0.758. The van der Waals surface area contributed by atoms with Gasteiger partial charge >= 0.3 is 7.82 Å². The smallest absolute Gasteiger partial charge is 0.473 e. The molecule has 0 radical (unpaired) electrons. The van der Waals surface area contributed by atoms with Gasteiger partial charge in [-0.25, -0.2) is 4.57 Å². The molecule has 0 aliphatic rings. The molecule has 1 unspecified atom stereocenters. The van der Waals surface area contributed by atoms with Crippen LogP contribution in [-0.4, -0.2) is 15.6 Å². The molecule has 0 aliphatic heterocycles. The molecule has 0 aromatic heterocycles. The number of phenols is 1. The van der Waals surface area contributed by atoms with Crippen molar-refractivity contribution in [1.82, 2.24) is 0 Å². The number of phenolic OH excluding ortho intramolecular Hbond substituents is 1. The Balaban J connectivity index is 3.06. The molecule has 6 heteroatoms. The molecule has 23 heavy (non-hydrogen) atoms. The van der Waals surface area contributed by atoms with E-state index in [4.69, 9.17) is 9.05 Å². The third kappa shape index (κ3) is 6.27. The highest BCUT2D eigenvalue weighted by atomic mass is 31.2. The summed E-state index contributed by atoms with van der Waals surface area (Å²) in [5.41, 5.74) is 1.42. The largest absolute Gasteiger partial charge is 0.508 e. The predicted molar refractivity (Wildman–Crippen MR) is 91.6 cm³/mol. The Morgan fingerprint density at radius 2 is 1.65 bits per heavy atom. The van der Waals surface area contributed by atoms with Crippen molar-refractivity contribution in [1.29, 1.82) is 0 Å². The fourth-order valence-electron chi connectivity index (χ4n) is 2.26. The van der Waals surface area contributed by atoms with E-state index in [2.05, 4.69) is 0 Å². The lowest BCUT2D eigenvalue weighted by Gasteiger charge is -2.24. The molecule has 1 atom stereocenters. The highest BCUT2D eigenvalue weighted by Crippen LogP contribution is 2.48. The van der Waals surface area contributed by atoms with E-state index in [9.17, 15) is 14.6 Å². The third-order valence-electron chi connectivity index (χ3n) is 3.28. The van der Waals surface area contributed by atoms with Crippen LogP contribution in [0.25, 0.3) is 0 Å². The first kappa shape index (κ1) is 20.2. The lowest BCUT2D eigenvalue weighted by molar-refractivity contribution is 0.0586. The fourth-order valence-corrected chi connectivity index (χ4v) is 3.31. The van der Waals surface area contributed by atoms with Crippen molar-refractivity contribution in [2.24, 2.45) is 0 Å². The maximum absolute atomic E-state index is 12.0. The predicted octanol–water partition coefficient (Wildman–Crippen LogP) is 4.68. The zero-order chi connectivity index (χ0) is 18.1. The first-order valence-corrected chi connectivity index (χ1v) is 9.28. The van der Waals surface area contributed by atoms with Crippen molar-refractivity contribution in [3.8, 4) is 5.75 Å². The van der Waals surface area contributed by atoms with Gasteiger partial charge in [0.05, 0.1) is 12.2 Å². The summed E-state index contributed by atoms with van der Waals surface area (Å²) in [7, 11) is -4.14. The number of phosphoric ester groups is 1. The molecule has 0 saturated heterocycles. The number of aromatic hydroxyl groups is 1. The van der Waals surface area contributed by atoms with Gasteiger partial charge in [-0.15, -0.1) is 0 Å². The van der Waals surface area contributed by atoms with Crippen molar-refractivity contribution in [2.75, 3.05) is 0 Å². The van der Waals surface area contributed by atoms with Gasteiger partial charge in [-0.3, -0.25) is 9.05 Å². The van der Waals surface area contributed by atoms with E-state index in [1.54, 1.807) is 26.8 Å². The standard InChI is InChI=1S/C17H29O5P/c1-8-12-10-15(18)14(16(2,3)4)9-13(12)11-21-23(19,20)22-17(5,6)7/h9-10,18H,8,11H2,1-7H3,(H,19,20). The van der Waals surface area contributed by atoms with Crippen molar-refractivity contribution >= 4 is 7.82 Å². The molecule has 1 aromatic carbocycles. The van der Waals surface area contributed by atoms with Gasteiger partial charge < -0.3 is 10.00 Å². The molecule has 0 amide bonds. The first-order chi connectivity index (χ1) is 10.2. The Bertz CT molecular complexity index is 596. The highest BCUT2D eigenvalue weighted by Gasteiger charge is 2.29. The molecule has 0 fully saturated rings. The second kappa shape index (κ2) is 6.94. The lowest BCUT2D eigenvalue weighted by Crippen LogP contribution is -2.18. The van der Waals surface area contributed by atoms with Crippen molar-refractivity contribution in [2.45, 2.75) is 72.5 Å². The number of aryl methyl sites for hydroxylation is 1. The average Bonchev–Trinajstić information content (AvgIpc) is 2.32. The summed E-state index contributed by atoms with van der Waals surface area (Å²) in [5.74, 6) is 0.233. The molecule has 1 rings (SSSR count). The van der Waals surface area contributed by atoms with Crippen LogP contribution in [0.15, 0.2) is 12.1 Å². The average molecular weight is 344 g/mol. The molecule has 0 aliphatic carbocycles. The maximum atomic E-state index is 12.0. The number of phosphoric acid groups is 1. The van der Waals surface area contributed by atoms with E-state index >= 15 is 0 Å². The molecular weight excluding hydrogens is 315 g/mol. The van der Waals surface area contributed by atoms with Gasteiger partial charge in [-0.1, -0.05) is 27.7 Å². The fraction of sp³-hybridized carbons (Fsp3) is 0.647. The molecule has 0 heterocycles. The third-order valence-corrected chi connectivity index (χ3v) is 4.51. The van der Waals surface area contributed by atoms with Gasteiger partial charge in [0.25, 0.3) is 0 Å². The van der Waals surface area contributed by atoms with E-state index in [0.717, 1.165) is 16.7 Å². The van der Waals surface area contributed by atoms with Crippen LogP contribution in [0.1, 0.15) is 65.2 Å². The zero-order valence-electron chi connectivity index (χ0n) is 15.1. The van der Waals surface area contributed by atoms with Crippen LogP contribution >= 0.6 is 7.82 Å². The van der Waals surface area contributed by atoms with Crippen LogP contribution in [0.5, 0.6) is 5.75 Å². The van der Waals surface area contributed by atoms with Crippen LogP contribution in [0.2, 0.25) is 0 Å². The second-order valence-electron chi connectivity index (χ2n) is 7.69. The van der Waals surface area contributed by atoms with E-state index in [0.29, 0.717) is 6.42 Å². The Labute approximate surface area is 139 Å². The molecule has 0 saturated carbocycles. The minimum absolute atomic E-state index is 0.0452. The van der Waals surface area contributed by atoms with Crippen molar-refractivity contribution in [3.05, 3.63) is 28.8 Å². The molecule has 0 spiro atoms. The highest BCUT2D eigenvalue weighted by molar-refractivity contribution is 7.47. The SMILES string of the molecule is CCc1cc(O)c(C(C)(C)C)cc1COP(=O)(O)OC(C)(C)C. The zero-order valence-corrected chi connectivity index (χ0v) is 16.0. The van der Waals surface area contributed by atoms with Gasteiger partial charge in [-0.2, -0.15) is 0 Å². The molecule has 5 nitrogen and oxygen atoms in total. The topological polar surface area (TPSA) is 76.0 Å². The number of hydrogen-bond donors (Lipinski definition) is 2. The summed E-state index contributed by atoms with van der Waals surface area (Å²) in [6, 6.07) is 3.54. The van der Waals surface area contributed by atoms with Crippen LogP contribution in [-0.2, 0) is 32.1 Å². The number of rotatable bonds is 5. The van der Waals surface area contributed by atoms with Crippen LogP contribution in [0.4, 0.5) is 0 Å². The first-order valence-electron chi connectivity index (χ1n) is 7.78. The number of hydrogen-bond acceptors (Lipinski definition) is 4. The van der Waals surface area contributed by atoms with E-state index in [1.165, 1.54) is 0 Å². The molecule has 132 valence electrons. The lowest BCUT2D eigenvalue weighted by atomic mass is 9.84. The Hall–Kier alpha value is -0.870. The summed E-state index contributed by atoms with van der Waals surface area (Å²) in [6.07, 6.45) is 0.687. The van der Waals surface area contributed by atoms with Crippen LogP contribution in [0, 0.1) is 0 Å². The van der Waals surface area contributed by atoms with Crippen molar-refractivity contribution in [3.63, 3.8) is 0 Å². The van der Waals surface area contributed by atoms with E-state index in [1.807, 2.05) is 33.8 Å². The molecular formula is C17H29O5P. The monoisotopic (exact) mass is 344 g/mol. The van der Waals surface area contributed by atoms with Gasteiger partial charge in [-0.05, 0) is 61.4 Å². The Morgan fingerprint density at radius 3 is 2.09 bits per heavy atom. The summed E-state index contributed by atoms with van der Waals surface area (Å²) in [6.45, 7) is 13.0. The van der Waals surface area contributed by atoms with Gasteiger partial charge in [0.2, 0.25) is 0 Å². The Morgan fingerprint density at radius 1 is 1.09 bits per heavy atom. The molecule has 0 bridgehead atoms. The second-order valence-corrected chi connectivity index (χ2v) is 9.07. The van der Waals surface area contributed by atoms with Gasteiger partial charge in [0.1, 0.15) is 5.75 Å². The van der Waals surface area contributed by atoms with Gasteiger partial charge in [0, 0.05) is 0 Å². The summed E-state index contributed by atoms with van der Waals surface area (Å²) in [4.78, 5) is 9.82. The normalized spacial score (nSPS) is 15.5. The van der Waals surface area contributed by atoms with Gasteiger partial charge in [0.15, 0.2) is 0 Å². The molecule has 1 aromatic rings. The minimum atomic E-state index is -4.14. The maximum Gasteiger partial charge on any atom is 0.473 e. The Kier molecular flexibility index (Phi) is 6.09. The van der Waals surface area contributed by atoms with E-state index in [-0.39, 0.29) is 17.8 Å². The van der Waals surface area contributed by atoms with Crippen LogP contribution < -0.4 is 0 Å². The summed E-state index contributed by atoms with van der Waals surface area (Å²) in [5, 5.41) is 10.2.